The molecule has 2 amide bonds. The molecular weight excluding hydrogens is 424 g/mol. The standard InChI is InChI=1S/C23H20N6O4/c1-14-15(2)29(12-24-14)21-9-10-22(28-27-21)33-18-6-3-16(4-7-18)25-23(30)26-17-5-8-19-20(11-17)32-13-31-19/h3-12H,13H2,1-2H3,(H2,25,26,30). The highest BCUT2D eigenvalue weighted by Crippen LogP contribution is 2.34. The SMILES string of the molecule is Cc1ncn(-c2ccc(Oc3ccc(NC(=O)Nc4ccc5c(c4)OCO5)cc3)nn2)c1C. The zero-order valence-electron chi connectivity index (χ0n) is 17.9. The van der Waals surface area contributed by atoms with Crippen molar-refractivity contribution < 1.29 is 19.0 Å². The van der Waals surface area contributed by atoms with Crippen LogP contribution >= 0.6 is 0 Å². The Bertz CT molecular complexity index is 1300. The molecule has 0 spiro atoms. The fourth-order valence-corrected chi connectivity index (χ4v) is 3.22. The van der Waals surface area contributed by atoms with E-state index in [1.807, 2.05) is 24.5 Å². The molecule has 0 saturated carbocycles. The van der Waals surface area contributed by atoms with Crippen LogP contribution < -0.4 is 24.8 Å². The van der Waals surface area contributed by atoms with Crippen LogP contribution in [0.4, 0.5) is 16.2 Å². The van der Waals surface area contributed by atoms with Crippen molar-refractivity contribution in [1.82, 2.24) is 19.7 Å². The monoisotopic (exact) mass is 444 g/mol. The molecule has 3 heterocycles. The molecule has 10 heteroatoms. The van der Waals surface area contributed by atoms with Crippen LogP contribution in [0.25, 0.3) is 5.82 Å². The van der Waals surface area contributed by atoms with Crippen molar-refractivity contribution >= 4 is 17.4 Å². The van der Waals surface area contributed by atoms with Crippen LogP contribution in [-0.4, -0.2) is 32.6 Å². The number of nitrogens with zero attached hydrogens (tertiary/aromatic N) is 4. The van der Waals surface area contributed by atoms with Gasteiger partial charge in [-0.2, -0.15) is 0 Å². The van der Waals surface area contributed by atoms with Gasteiger partial charge in [0, 0.05) is 29.2 Å². The van der Waals surface area contributed by atoms with E-state index in [4.69, 9.17) is 14.2 Å². The van der Waals surface area contributed by atoms with E-state index in [-0.39, 0.29) is 12.8 Å². The molecule has 0 saturated heterocycles. The second kappa shape index (κ2) is 8.50. The lowest BCUT2D eigenvalue weighted by molar-refractivity contribution is 0.174. The number of carbonyl (C=O) groups is 1. The van der Waals surface area contributed by atoms with Gasteiger partial charge in [-0.3, -0.25) is 4.57 Å². The molecule has 4 aromatic rings. The number of hydrogen-bond acceptors (Lipinski definition) is 7. The van der Waals surface area contributed by atoms with Crippen LogP contribution in [0.5, 0.6) is 23.1 Å². The zero-order chi connectivity index (χ0) is 22.8. The number of ether oxygens (including phenoxy) is 3. The Kier molecular flexibility index (Phi) is 5.23. The van der Waals surface area contributed by atoms with E-state index in [1.165, 1.54) is 0 Å². The van der Waals surface area contributed by atoms with Crippen LogP contribution in [0.15, 0.2) is 60.9 Å². The van der Waals surface area contributed by atoms with E-state index in [0.29, 0.717) is 40.3 Å². The minimum absolute atomic E-state index is 0.180. The van der Waals surface area contributed by atoms with Crippen LogP contribution in [0.3, 0.4) is 0 Å². The number of carbonyl (C=O) groups excluding carboxylic acids is 1. The number of fused-ring (bicyclic) bond motifs is 1. The van der Waals surface area contributed by atoms with Crippen molar-refractivity contribution in [3.05, 3.63) is 72.3 Å². The average molecular weight is 444 g/mol. The molecule has 5 rings (SSSR count). The summed E-state index contributed by atoms with van der Waals surface area (Å²) in [5, 5.41) is 13.9. The Morgan fingerprint density at radius 3 is 2.42 bits per heavy atom. The van der Waals surface area contributed by atoms with Gasteiger partial charge in [0.05, 0.1) is 5.69 Å². The van der Waals surface area contributed by atoms with Crippen LogP contribution in [0.2, 0.25) is 0 Å². The molecule has 2 aromatic carbocycles. The normalized spacial score (nSPS) is 11.8. The first-order valence-electron chi connectivity index (χ1n) is 10.2. The van der Waals surface area contributed by atoms with Gasteiger partial charge < -0.3 is 24.8 Å². The molecule has 0 fully saturated rings. The molecule has 0 unspecified atom stereocenters. The number of rotatable bonds is 5. The fraction of sp³-hybridized carbons (Fsp3) is 0.130. The van der Waals surface area contributed by atoms with E-state index >= 15 is 0 Å². The number of hydrogen-bond donors (Lipinski definition) is 2. The lowest BCUT2D eigenvalue weighted by Crippen LogP contribution is -2.19. The highest BCUT2D eigenvalue weighted by atomic mass is 16.7. The summed E-state index contributed by atoms with van der Waals surface area (Å²) in [5.74, 6) is 2.83. The summed E-state index contributed by atoms with van der Waals surface area (Å²) in [6.45, 7) is 4.09. The predicted octanol–water partition coefficient (Wildman–Crippen LogP) is 4.44. The lowest BCUT2D eigenvalue weighted by Gasteiger charge is -2.09. The van der Waals surface area contributed by atoms with Gasteiger partial charge in [-0.1, -0.05) is 0 Å². The van der Waals surface area contributed by atoms with Crippen molar-refractivity contribution in [1.29, 1.82) is 0 Å². The zero-order valence-corrected chi connectivity index (χ0v) is 17.9. The minimum atomic E-state index is -0.381. The summed E-state index contributed by atoms with van der Waals surface area (Å²) in [4.78, 5) is 16.5. The van der Waals surface area contributed by atoms with Crippen molar-refractivity contribution in [3.63, 3.8) is 0 Å². The van der Waals surface area contributed by atoms with Crippen LogP contribution in [0.1, 0.15) is 11.4 Å². The second-order valence-corrected chi connectivity index (χ2v) is 7.29. The quantitative estimate of drug-likeness (QED) is 0.468. The van der Waals surface area contributed by atoms with Gasteiger partial charge in [0.25, 0.3) is 0 Å². The second-order valence-electron chi connectivity index (χ2n) is 7.29. The maximum absolute atomic E-state index is 12.3. The van der Waals surface area contributed by atoms with Gasteiger partial charge in [-0.05, 0) is 56.3 Å². The third-order valence-corrected chi connectivity index (χ3v) is 5.09. The Morgan fingerprint density at radius 1 is 0.939 bits per heavy atom. The molecule has 1 aliphatic heterocycles. The van der Waals surface area contributed by atoms with Gasteiger partial charge in [0.15, 0.2) is 17.3 Å². The summed E-state index contributed by atoms with van der Waals surface area (Å²) in [6.07, 6.45) is 1.71. The topological polar surface area (TPSA) is 112 Å². The van der Waals surface area contributed by atoms with Crippen molar-refractivity contribution in [2.75, 3.05) is 17.4 Å². The molecule has 0 aliphatic carbocycles. The minimum Gasteiger partial charge on any atom is -0.454 e. The molecule has 0 radical (unpaired) electrons. The Balaban J connectivity index is 1.18. The number of benzene rings is 2. The molecule has 1 aliphatic rings. The molecule has 2 N–H and O–H groups in total. The number of urea groups is 1. The van der Waals surface area contributed by atoms with Crippen LogP contribution in [-0.2, 0) is 0 Å². The first-order valence-corrected chi connectivity index (χ1v) is 10.2. The smallest absolute Gasteiger partial charge is 0.323 e. The number of aromatic nitrogens is 4. The van der Waals surface area contributed by atoms with E-state index < -0.39 is 0 Å². The van der Waals surface area contributed by atoms with Crippen LogP contribution in [0, 0.1) is 13.8 Å². The Morgan fingerprint density at radius 2 is 1.70 bits per heavy atom. The molecule has 2 aromatic heterocycles. The number of aryl methyl sites for hydroxylation is 1. The molecule has 10 nitrogen and oxygen atoms in total. The first kappa shape index (κ1) is 20.3. The lowest BCUT2D eigenvalue weighted by atomic mass is 10.3. The van der Waals surface area contributed by atoms with Crippen molar-refractivity contribution in [2.24, 2.45) is 0 Å². The predicted molar refractivity (Wildman–Crippen MR) is 120 cm³/mol. The molecular formula is C23H20N6O4. The van der Waals surface area contributed by atoms with Gasteiger partial charge in [0.1, 0.15) is 12.1 Å². The molecule has 0 atom stereocenters. The summed E-state index contributed by atoms with van der Waals surface area (Å²) >= 11 is 0. The fourth-order valence-electron chi connectivity index (χ4n) is 3.22. The maximum Gasteiger partial charge on any atom is 0.323 e. The van der Waals surface area contributed by atoms with E-state index in [2.05, 4.69) is 25.8 Å². The Hall–Kier alpha value is -4.60. The van der Waals surface area contributed by atoms with Gasteiger partial charge in [-0.25, -0.2) is 9.78 Å². The van der Waals surface area contributed by atoms with Gasteiger partial charge in [-0.15, -0.1) is 10.2 Å². The van der Waals surface area contributed by atoms with Crippen molar-refractivity contribution in [2.45, 2.75) is 13.8 Å². The highest BCUT2D eigenvalue weighted by Gasteiger charge is 2.14. The Labute approximate surface area is 189 Å². The van der Waals surface area contributed by atoms with Gasteiger partial charge in [0.2, 0.25) is 12.7 Å². The van der Waals surface area contributed by atoms with E-state index in [1.54, 1.807) is 54.9 Å². The summed E-state index contributed by atoms with van der Waals surface area (Å²) in [5.41, 5.74) is 3.15. The molecule has 0 bridgehead atoms. The molecule has 33 heavy (non-hydrogen) atoms. The average Bonchev–Trinajstić information content (AvgIpc) is 3.42. The number of imidazole rings is 1. The van der Waals surface area contributed by atoms with E-state index in [9.17, 15) is 4.79 Å². The summed E-state index contributed by atoms with van der Waals surface area (Å²) in [6, 6.07) is 15.3. The molecule has 166 valence electrons. The van der Waals surface area contributed by atoms with Crippen molar-refractivity contribution in [3.8, 4) is 28.9 Å². The largest absolute Gasteiger partial charge is 0.454 e. The summed E-state index contributed by atoms with van der Waals surface area (Å²) < 4.78 is 18.2. The van der Waals surface area contributed by atoms with Gasteiger partial charge >= 0.3 is 6.03 Å². The summed E-state index contributed by atoms with van der Waals surface area (Å²) in [7, 11) is 0. The third kappa shape index (κ3) is 4.40. The van der Waals surface area contributed by atoms with E-state index in [0.717, 1.165) is 11.4 Å². The number of amides is 2. The number of anilines is 2. The maximum atomic E-state index is 12.3. The third-order valence-electron chi connectivity index (χ3n) is 5.09. The number of nitrogens with one attached hydrogen (secondary N) is 2. The highest BCUT2D eigenvalue weighted by molar-refractivity contribution is 6.00. The first-order chi connectivity index (χ1) is 16.0.